The molecule has 1 amide bonds. The van der Waals surface area contributed by atoms with Gasteiger partial charge >= 0.3 is 0 Å². The maximum absolute atomic E-state index is 12.9. The zero-order chi connectivity index (χ0) is 17.1. The second-order valence-corrected chi connectivity index (χ2v) is 7.11. The van der Waals surface area contributed by atoms with E-state index in [1.165, 1.54) is 24.8 Å². The molecule has 0 saturated carbocycles. The van der Waals surface area contributed by atoms with Gasteiger partial charge in [0.1, 0.15) is 11.5 Å². The van der Waals surface area contributed by atoms with E-state index >= 15 is 0 Å². The molecule has 1 unspecified atom stereocenters. The summed E-state index contributed by atoms with van der Waals surface area (Å²) in [6.07, 6.45) is 7.52. The van der Waals surface area contributed by atoms with Crippen molar-refractivity contribution >= 4 is 5.91 Å². The van der Waals surface area contributed by atoms with Crippen LogP contribution in [0.15, 0.2) is 36.5 Å². The SMILES string of the molecule is O=C(NC(CN1CCCC1)c1ccccc1)c1cnc2n1CCCC2. The van der Waals surface area contributed by atoms with Gasteiger partial charge < -0.3 is 14.8 Å². The van der Waals surface area contributed by atoms with Gasteiger partial charge in [-0.15, -0.1) is 0 Å². The van der Waals surface area contributed by atoms with E-state index in [4.69, 9.17) is 0 Å². The van der Waals surface area contributed by atoms with Crippen LogP contribution in [0, 0.1) is 0 Å². The number of amides is 1. The zero-order valence-corrected chi connectivity index (χ0v) is 14.7. The fourth-order valence-electron chi connectivity index (χ4n) is 3.97. The van der Waals surface area contributed by atoms with E-state index in [1.54, 1.807) is 6.20 Å². The maximum Gasteiger partial charge on any atom is 0.270 e. The average molecular weight is 338 g/mol. The molecule has 1 saturated heterocycles. The molecule has 1 N–H and O–H groups in total. The number of nitrogens with zero attached hydrogens (tertiary/aromatic N) is 3. The van der Waals surface area contributed by atoms with E-state index in [9.17, 15) is 4.79 Å². The third-order valence-corrected chi connectivity index (χ3v) is 5.35. The highest BCUT2D eigenvalue weighted by Gasteiger charge is 2.24. The Morgan fingerprint density at radius 2 is 1.84 bits per heavy atom. The molecule has 132 valence electrons. The lowest BCUT2D eigenvalue weighted by molar-refractivity contribution is 0.0916. The number of imidazole rings is 1. The first-order chi connectivity index (χ1) is 12.3. The molecule has 0 spiro atoms. The van der Waals surface area contributed by atoms with E-state index in [1.807, 2.05) is 18.2 Å². The van der Waals surface area contributed by atoms with E-state index < -0.39 is 0 Å². The highest BCUT2D eigenvalue weighted by atomic mass is 16.2. The van der Waals surface area contributed by atoms with Crippen LogP contribution in [0.5, 0.6) is 0 Å². The van der Waals surface area contributed by atoms with Crippen LogP contribution >= 0.6 is 0 Å². The van der Waals surface area contributed by atoms with Gasteiger partial charge in [-0.1, -0.05) is 30.3 Å². The van der Waals surface area contributed by atoms with Gasteiger partial charge in [0.2, 0.25) is 0 Å². The van der Waals surface area contributed by atoms with E-state index in [0.29, 0.717) is 5.69 Å². The molecule has 4 rings (SSSR count). The molecule has 2 aromatic rings. The number of rotatable bonds is 5. The minimum Gasteiger partial charge on any atom is -0.343 e. The van der Waals surface area contributed by atoms with Crippen molar-refractivity contribution in [1.29, 1.82) is 0 Å². The molecule has 3 heterocycles. The molecule has 1 atom stereocenters. The normalized spacial score (nSPS) is 18.7. The summed E-state index contributed by atoms with van der Waals surface area (Å²) in [5, 5.41) is 3.27. The summed E-state index contributed by atoms with van der Waals surface area (Å²) in [5.41, 5.74) is 1.87. The van der Waals surface area contributed by atoms with Crippen LogP contribution in [-0.4, -0.2) is 40.0 Å². The second-order valence-electron chi connectivity index (χ2n) is 7.11. The fraction of sp³-hybridized carbons (Fsp3) is 0.500. The van der Waals surface area contributed by atoms with Crippen LogP contribution in [0.2, 0.25) is 0 Å². The third kappa shape index (κ3) is 3.61. The smallest absolute Gasteiger partial charge is 0.270 e. The van der Waals surface area contributed by atoms with Crippen LogP contribution < -0.4 is 5.32 Å². The number of aromatic nitrogens is 2. The van der Waals surface area contributed by atoms with Crippen molar-refractivity contribution in [2.75, 3.05) is 19.6 Å². The third-order valence-electron chi connectivity index (χ3n) is 5.35. The van der Waals surface area contributed by atoms with Gasteiger partial charge in [0.25, 0.3) is 5.91 Å². The molecule has 1 aromatic carbocycles. The Balaban J connectivity index is 1.53. The Labute approximate surface area is 149 Å². The topological polar surface area (TPSA) is 50.2 Å². The van der Waals surface area contributed by atoms with Crippen LogP contribution in [0.1, 0.15) is 53.6 Å². The maximum atomic E-state index is 12.9. The number of aryl methyl sites for hydroxylation is 1. The van der Waals surface area contributed by atoms with Gasteiger partial charge in [-0.25, -0.2) is 4.98 Å². The Hall–Kier alpha value is -2.14. The largest absolute Gasteiger partial charge is 0.343 e. The number of carbonyl (C=O) groups excluding carboxylic acids is 1. The van der Waals surface area contributed by atoms with Crippen LogP contribution in [0.25, 0.3) is 0 Å². The monoisotopic (exact) mass is 338 g/mol. The summed E-state index contributed by atoms with van der Waals surface area (Å²) in [7, 11) is 0. The molecule has 0 radical (unpaired) electrons. The lowest BCUT2D eigenvalue weighted by Crippen LogP contribution is -2.38. The number of fused-ring (bicyclic) bond motifs is 1. The van der Waals surface area contributed by atoms with Gasteiger partial charge in [0, 0.05) is 19.5 Å². The average Bonchev–Trinajstić information content (AvgIpc) is 3.31. The van der Waals surface area contributed by atoms with Crippen molar-refractivity contribution in [3.8, 4) is 0 Å². The zero-order valence-electron chi connectivity index (χ0n) is 14.7. The number of hydrogen-bond acceptors (Lipinski definition) is 3. The van der Waals surface area contributed by atoms with Crippen LogP contribution in [0.4, 0.5) is 0 Å². The summed E-state index contributed by atoms with van der Waals surface area (Å²) in [6.45, 7) is 4.03. The number of hydrogen-bond donors (Lipinski definition) is 1. The van der Waals surface area contributed by atoms with Crippen molar-refractivity contribution in [3.05, 3.63) is 53.6 Å². The molecule has 0 bridgehead atoms. The van der Waals surface area contributed by atoms with Gasteiger partial charge in [-0.3, -0.25) is 4.79 Å². The number of benzene rings is 1. The Morgan fingerprint density at radius 3 is 2.64 bits per heavy atom. The molecular formula is C20H26N4O. The number of likely N-dealkylation sites (tertiary alicyclic amines) is 1. The Kier molecular flexibility index (Phi) is 4.83. The predicted molar refractivity (Wildman–Crippen MR) is 97.5 cm³/mol. The van der Waals surface area contributed by atoms with Crippen molar-refractivity contribution < 1.29 is 4.79 Å². The van der Waals surface area contributed by atoms with Crippen LogP contribution in [-0.2, 0) is 13.0 Å². The fourth-order valence-corrected chi connectivity index (χ4v) is 3.97. The molecule has 1 fully saturated rings. The molecule has 5 nitrogen and oxygen atoms in total. The summed E-state index contributed by atoms with van der Waals surface area (Å²) >= 11 is 0. The molecule has 1 aromatic heterocycles. The van der Waals surface area contributed by atoms with Gasteiger partial charge in [-0.05, 0) is 44.3 Å². The van der Waals surface area contributed by atoms with Crippen molar-refractivity contribution in [2.24, 2.45) is 0 Å². The van der Waals surface area contributed by atoms with Gasteiger partial charge in [0.15, 0.2) is 0 Å². The minimum absolute atomic E-state index is 0.00583. The first kappa shape index (κ1) is 16.3. The number of nitrogens with one attached hydrogen (secondary N) is 1. The quantitative estimate of drug-likeness (QED) is 0.912. The Bertz CT molecular complexity index is 719. The first-order valence-electron chi connectivity index (χ1n) is 9.44. The summed E-state index contributed by atoms with van der Waals surface area (Å²) in [4.78, 5) is 19.8. The lowest BCUT2D eigenvalue weighted by atomic mass is 10.1. The highest BCUT2D eigenvalue weighted by molar-refractivity contribution is 5.92. The van der Waals surface area contributed by atoms with Gasteiger partial charge in [0.05, 0.1) is 12.2 Å². The lowest BCUT2D eigenvalue weighted by Gasteiger charge is -2.25. The minimum atomic E-state index is -0.00583. The van der Waals surface area contributed by atoms with Crippen molar-refractivity contribution in [3.63, 3.8) is 0 Å². The van der Waals surface area contributed by atoms with E-state index in [0.717, 1.165) is 44.8 Å². The molecule has 2 aliphatic rings. The van der Waals surface area contributed by atoms with Crippen molar-refractivity contribution in [1.82, 2.24) is 19.8 Å². The molecule has 5 heteroatoms. The summed E-state index contributed by atoms with van der Waals surface area (Å²) in [5.74, 6) is 1.04. The molecule has 0 aliphatic carbocycles. The summed E-state index contributed by atoms with van der Waals surface area (Å²) in [6, 6.07) is 10.3. The summed E-state index contributed by atoms with van der Waals surface area (Å²) < 4.78 is 2.09. The van der Waals surface area contributed by atoms with Crippen LogP contribution in [0.3, 0.4) is 0 Å². The molecule has 25 heavy (non-hydrogen) atoms. The van der Waals surface area contributed by atoms with E-state index in [2.05, 4.69) is 31.9 Å². The standard InChI is InChI=1S/C20H26N4O/c25-20(18-14-21-19-10-4-5-13-24(18)19)22-17(15-23-11-6-7-12-23)16-8-2-1-3-9-16/h1-3,8-9,14,17H,4-7,10-13,15H2,(H,22,25). The van der Waals surface area contributed by atoms with Gasteiger partial charge in [-0.2, -0.15) is 0 Å². The molecular weight excluding hydrogens is 312 g/mol. The predicted octanol–water partition coefficient (Wildman–Crippen LogP) is 2.79. The Morgan fingerprint density at radius 1 is 1.08 bits per heavy atom. The second kappa shape index (κ2) is 7.40. The first-order valence-corrected chi connectivity index (χ1v) is 9.44. The van der Waals surface area contributed by atoms with Crippen molar-refractivity contribution in [2.45, 2.75) is 44.7 Å². The molecule has 2 aliphatic heterocycles. The van der Waals surface area contributed by atoms with E-state index in [-0.39, 0.29) is 11.9 Å². The highest BCUT2D eigenvalue weighted by Crippen LogP contribution is 2.20. The number of carbonyl (C=O) groups is 1.